The molecular formula is C17H18ClF3N2O3. The molecule has 2 aliphatic rings. The lowest BCUT2D eigenvalue weighted by atomic mass is 9.97. The van der Waals surface area contributed by atoms with E-state index in [4.69, 9.17) is 21.1 Å². The number of alkyl halides is 3. The minimum atomic E-state index is -5.00. The van der Waals surface area contributed by atoms with Crippen molar-refractivity contribution < 1.29 is 27.4 Å². The summed E-state index contributed by atoms with van der Waals surface area (Å²) < 4.78 is 50.3. The summed E-state index contributed by atoms with van der Waals surface area (Å²) in [5.74, 6) is -3.63. The van der Waals surface area contributed by atoms with E-state index >= 15 is 0 Å². The first kappa shape index (κ1) is 18.7. The normalized spacial score (nSPS) is 21.9. The average Bonchev–Trinajstić information content (AvgIpc) is 2.94. The minimum absolute atomic E-state index is 0.153. The van der Waals surface area contributed by atoms with Crippen LogP contribution in [0.5, 0.6) is 11.5 Å². The molecule has 2 N–H and O–H groups in total. The van der Waals surface area contributed by atoms with Gasteiger partial charge in [0.25, 0.3) is 0 Å². The fourth-order valence-electron chi connectivity index (χ4n) is 2.88. The number of amides is 2. The van der Waals surface area contributed by atoms with Gasteiger partial charge in [0.05, 0.1) is 0 Å². The van der Waals surface area contributed by atoms with Crippen LogP contribution in [0, 0.1) is 0 Å². The summed E-state index contributed by atoms with van der Waals surface area (Å²) in [7, 11) is 0. The van der Waals surface area contributed by atoms with Gasteiger partial charge in [-0.1, -0.05) is 23.3 Å². The molecule has 1 aliphatic heterocycles. The zero-order valence-corrected chi connectivity index (χ0v) is 14.5. The van der Waals surface area contributed by atoms with E-state index in [0.29, 0.717) is 6.42 Å². The second kappa shape index (κ2) is 7.26. The Bertz CT molecular complexity index is 724. The molecule has 9 heteroatoms. The Morgan fingerprint density at radius 1 is 1.23 bits per heavy atom. The number of benzene rings is 1. The molecule has 142 valence electrons. The van der Waals surface area contributed by atoms with Gasteiger partial charge in [-0.05, 0) is 44.2 Å². The Morgan fingerprint density at radius 2 is 2.00 bits per heavy atom. The molecule has 0 saturated heterocycles. The van der Waals surface area contributed by atoms with E-state index in [-0.39, 0.29) is 23.1 Å². The molecule has 0 fully saturated rings. The van der Waals surface area contributed by atoms with Crippen molar-refractivity contribution in [3.8, 4) is 11.5 Å². The van der Waals surface area contributed by atoms with Crippen molar-refractivity contribution in [2.45, 2.75) is 44.2 Å². The second-order valence-corrected chi connectivity index (χ2v) is 6.59. The molecule has 2 amide bonds. The molecule has 0 saturated carbocycles. The summed E-state index contributed by atoms with van der Waals surface area (Å²) in [5.41, 5.74) is 1.21. The molecule has 3 rings (SSSR count). The van der Waals surface area contributed by atoms with Gasteiger partial charge in [0.1, 0.15) is 0 Å². The van der Waals surface area contributed by atoms with Gasteiger partial charge in [0.2, 0.25) is 0 Å². The number of rotatable bonds is 4. The number of nitrogens with one attached hydrogen (secondary N) is 2. The molecule has 1 aliphatic carbocycles. The fourth-order valence-corrected chi connectivity index (χ4v) is 3.04. The average molecular weight is 391 g/mol. The van der Waals surface area contributed by atoms with E-state index in [2.05, 4.69) is 11.4 Å². The van der Waals surface area contributed by atoms with Crippen molar-refractivity contribution >= 4 is 17.6 Å². The monoisotopic (exact) mass is 390 g/mol. The summed E-state index contributed by atoms with van der Waals surface area (Å²) in [6.07, 6.45) is 1.91. The predicted molar refractivity (Wildman–Crippen MR) is 89.2 cm³/mol. The van der Waals surface area contributed by atoms with E-state index in [0.717, 1.165) is 25.7 Å². The first-order valence-electron chi connectivity index (χ1n) is 8.27. The largest absolute Gasteiger partial charge is 0.492 e. The number of carbonyl (C=O) groups is 1. The lowest BCUT2D eigenvalue weighted by Crippen LogP contribution is -2.66. The van der Waals surface area contributed by atoms with Gasteiger partial charge in [-0.2, -0.15) is 13.2 Å². The number of hydrogen-bond donors (Lipinski definition) is 2. The van der Waals surface area contributed by atoms with Crippen molar-refractivity contribution in [1.82, 2.24) is 10.6 Å². The third kappa shape index (κ3) is 4.00. The highest BCUT2D eigenvalue weighted by Gasteiger charge is 2.65. The van der Waals surface area contributed by atoms with Crippen molar-refractivity contribution in [3.63, 3.8) is 0 Å². The molecule has 1 heterocycles. The molecule has 1 atom stereocenters. The first-order chi connectivity index (χ1) is 12.3. The third-order valence-corrected chi connectivity index (χ3v) is 4.42. The number of fused-ring (bicyclic) bond motifs is 1. The number of halogens is 4. The lowest BCUT2D eigenvalue weighted by Gasteiger charge is -2.29. The van der Waals surface area contributed by atoms with Crippen molar-refractivity contribution in [2.75, 3.05) is 6.54 Å². The lowest BCUT2D eigenvalue weighted by molar-refractivity contribution is -0.317. The molecule has 1 unspecified atom stereocenters. The number of urea groups is 1. The van der Waals surface area contributed by atoms with Crippen molar-refractivity contribution in [1.29, 1.82) is 0 Å². The van der Waals surface area contributed by atoms with Crippen LogP contribution in [0.15, 0.2) is 29.8 Å². The topological polar surface area (TPSA) is 59.6 Å². The van der Waals surface area contributed by atoms with Gasteiger partial charge in [0.15, 0.2) is 11.5 Å². The Kier molecular flexibility index (Phi) is 5.22. The van der Waals surface area contributed by atoms with Gasteiger partial charge in [-0.15, -0.1) is 0 Å². The number of carbonyl (C=O) groups excluding carboxylic acids is 1. The van der Waals surface area contributed by atoms with Crippen LogP contribution in [0.2, 0.25) is 5.02 Å². The summed E-state index contributed by atoms with van der Waals surface area (Å²) in [5, 5.41) is 4.36. The summed E-state index contributed by atoms with van der Waals surface area (Å²) in [4.78, 5) is 12.0. The van der Waals surface area contributed by atoms with E-state index in [1.807, 2.05) is 0 Å². The second-order valence-electron chi connectivity index (χ2n) is 6.15. The maximum atomic E-state index is 13.5. The first-order valence-corrected chi connectivity index (χ1v) is 8.65. The smallest absolute Gasteiger partial charge is 0.424 e. The number of ether oxygens (including phenoxy) is 2. The third-order valence-electron chi connectivity index (χ3n) is 4.18. The molecule has 0 radical (unpaired) electrons. The van der Waals surface area contributed by atoms with Crippen LogP contribution in [-0.4, -0.2) is 24.7 Å². The van der Waals surface area contributed by atoms with Crippen LogP contribution >= 0.6 is 11.6 Å². The maximum Gasteiger partial charge on any atom is 0.492 e. The quantitative estimate of drug-likeness (QED) is 0.743. The van der Waals surface area contributed by atoms with Crippen LogP contribution in [0.3, 0.4) is 0 Å². The van der Waals surface area contributed by atoms with Crippen molar-refractivity contribution in [2.24, 2.45) is 0 Å². The molecule has 0 aromatic heterocycles. The molecule has 0 spiro atoms. The zero-order chi connectivity index (χ0) is 18.8. The standard InChI is InChI=1S/C17H18ClF3N2O3/c18-12-6-7-13-14(10-12)26-17(25-13,16(19,20)21)23-15(24)22-9-8-11-4-2-1-3-5-11/h4,6-7,10H,1-3,5,8-9H2,(H2,22,23,24). The summed E-state index contributed by atoms with van der Waals surface area (Å²) >= 11 is 5.76. The molecule has 1 aromatic carbocycles. The highest BCUT2D eigenvalue weighted by molar-refractivity contribution is 6.30. The fraction of sp³-hybridized carbons (Fsp3) is 0.471. The van der Waals surface area contributed by atoms with E-state index in [1.165, 1.54) is 23.8 Å². The van der Waals surface area contributed by atoms with Gasteiger partial charge in [0, 0.05) is 17.6 Å². The van der Waals surface area contributed by atoms with Gasteiger partial charge in [-0.3, -0.25) is 5.32 Å². The van der Waals surface area contributed by atoms with E-state index < -0.39 is 18.1 Å². The van der Waals surface area contributed by atoms with Gasteiger partial charge < -0.3 is 14.8 Å². The van der Waals surface area contributed by atoms with Crippen molar-refractivity contribution in [3.05, 3.63) is 34.9 Å². The Hall–Kier alpha value is -2.09. The predicted octanol–water partition coefficient (Wildman–Crippen LogP) is 4.52. The zero-order valence-electron chi connectivity index (χ0n) is 13.8. The SMILES string of the molecule is O=C(NCCC1=CCCCC1)NC1(C(F)(F)F)Oc2ccc(Cl)cc2O1. The number of allylic oxidation sites excluding steroid dienone is 1. The van der Waals surface area contributed by atoms with Crippen LogP contribution in [0.4, 0.5) is 18.0 Å². The molecule has 5 nitrogen and oxygen atoms in total. The highest BCUT2D eigenvalue weighted by atomic mass is 35.5. The minimum Gasteiger partial charge on any atom is -0.424 e. The van der Waals surface area contributed by atoms with Crippen LogP contribution in [0.1, 0.15) is 32.1 Å². The summed E-state index contributed by atoms with van der Waals surface area (Å²) in [6.45, 7) is 0.227. The Balaban J connectivity index is 1.63. The molecule has 26 heavy (non-hydrogen) atoms. The van der Waals surface area contributed by atoms with E-state index in [9.17, 15) is 18.0 Å². The summed E-state index contributed by atoms with van der Waals surface area (Å²) in [6, 6.07) is 2.78. The Morgan fingerprint density at radius 3 is 2.69 bits per heavy atom. The van der Waals surface area contributed by atoms with Crippen LogP contribution in [0.25, 0.3) is 0 Å². The van der Waals surface area contributed by atoms with Crippen LogP contribution in [-0.2, 0) is 0 Å². The van der Waals surface area contributed by atoms with E-state index in [1.54, 1.807) is 5.32 Å². The van der Waals surface area contributed by atoms with Crippen LogP contribution < -0.4 is 20.1 Å². The van der Waals surface area contributed by atoms with Gasteiger partial charge >= 0.3 is 18.1 Å². The molecular weight excluding hydrogens is 373 g/mol. The van der Waals surface area contributed by atoms with Gasteiger partial charge in [-0.25, -0.2) is 4.79 Å². The number of hydrogen-bond acceptors (Lipinski definition) is 3. The highest BCUT2D eigenvalue weighted by Crippen LogP contribution is 2.46. The Labute approximate surface area is 153 Å². The maximum absolute atomic E-state index is 13.5. The molecule has 1 aromatic rings. The molecule has 0 bridgehead atoms.